The molecule has 1 heterocycles. The minimum Gasteiger partial charge on any atom is -0.366 e. The average Bonchev–Trinajstić information content (AvgIpc) is 2.32. The predicted octanol–water partition coefficient (Wildman–Crippen LogP) is 1.63. The average molecular weight is 228 g/mol. The Balaban J connectivity index is 2.28. The van der Waals surface area contributed by atoms with Gasteiger partial charge in [-0.1, -0.05) is 6.07 Å². The fourth-order valence-corrected chi connectivity index (χ4v) is 1.42. The van der Waals surface area contributed by atoms with Crippen LogP contribution in [0.25, 0.3) is 0 Å². The van der Waals surface area contributed by atoms with Gasteiger partial charge < -0.3 is 11.1 Å². The zero-order valence-electron chi connectivity index (χ0n) is 9.34. The van der Waals surface area contributed by atoms with Crippen LogP contribution in [0.1, 0.15) is 16.1 Å². The Morgan fingerprint density at radius 3 is 2.76 bits per heavy atom. The number of benzene rings is 1. The molecule has 1 amide bonds. The zero-order chi connectivity index (χ0) is 12.3. The highest BCUT2D eigenvalue weighted by Crippen LogP contribution is 2.17. The molecule has 0 aliphatic heterocycles. The molecule has 0 bridgehead atoms. The number of nitrogens with one attached hydrogen (secondary N) is 1. The van der Waals surface area contributed by atoms with Crippen LogP contribution < -0.4 is 11.1 Å². The number of nitrogens with two attached hydrogens (primary N) is 1. The van der Waals surface area contributed by atoms with E-state index in [1.165, 1.54) is 0 Å². The van der Waals surface area contributed by atoms with Gasteiger partial charge in [0.25, 0.3) is 0 Å². The Kier molecular flexibility index (Phi) is 3.00. The van der Waals surface area contributed by atoms with Crippen molar-refractivity contribution < 1.29 is 4.79 Å². The van der Waals surface area contributed by atoms with Gasteiger partial charge in [-0.15, -0.1) is 0 Å². The summed E-state index contributed by atoms with van der Waals surface area (Å²) in [5, 5.41) is 3.09. The second-order valence-corrected chi connectivity index (χ2v) is 3.56. The summed E-state index contributed by atoms with van der Waals surface area (Å²) in [5.41, 5.74) is 7.21. The van der Waals surface area contributed by atoms with Crippen molar-refractivity contribution in [1.29, 1.82) is 0 Å². The maximum atomic E-state index is 11.0. The monoisotopic (exact) mass is 228 g/mol. The second-order valence-electron chi connectivity index (χ2n) is 3.56. The standard InChI is InChI=1S/C12H12N4O/c1-8-12(15-6-5-14-8)16-10-4-2-3-9(7-10)11(13)17/h2-7H,1H3,(H2,13,17)(H,15,16). The summed E-state index contributed by atoms with van der Waals surface area (Å²) >= 11 is 0. The Morgan fingerprint density at radius 1 is 1.29 bits per heavy atom. The number of aryl methyl sites for hydroxylation is 1. The predicted molar refractivity (Wildman–Crippen MR) is 65.0 cm³/mol. The molecule has 5 heteroatoms. The lowest BCUT2D eigenvalue weighted by Gasteiger charge is -2.07. The van der Waals surface area contributed by atoms with Crippen molar-refractivity contribution in [2.45, 2.75) is 6.92 Å². The maximum absolute atomic E-state index is 11.0. The van der Waals surface area contributed by atoms with E-state index in [0.717, 1.165) is 11.4 Å². The molecule has 0 saturated carbocycles. The first-order valence-corrected chi connectivity index (χ1v) is 5.11. The molecule has 0 aliphatic carbocycles. The lowest BCUT2D eigenvalue weighted by molar-refractivity contribution is 0.100. The minimum absolute atomic E-state index is 0.454. The second kappa shape index (κ2) is 4.61. The van der Waals surface area contributed by atoms with Crippen molar-refractivity contribution in [3.8, 4) is 0 Å². The van der Waals surface area contributed by atoms with E-state index in [1.54, 1.807) is 30.6 Å². The number of primary amides is 1. The third kappa shape index (κ3) is 2.57. The number of anilines is 2. The summed E-state index contributed by atoms with van der Waals surface area (Å²) in [6, 6.07) is 6.93. The highest BCUT2D eigenvalue weighted by atomic mass is 16.1. The van der Waals surface area contributed by atoms with Crippen LogP contribution >= 0.6 is 0 Å². The van der Waals surface area contributed by atoms with E-state index in [4.69, 9.17) is 5.73 Å². The van der Waals surface area contributed by atoms with Gasteiger partial charge in [0.15, 0.2) is 5.82 Å². The first kappa shape index (κ1) is 11.1. The Bertz CT molecular complexity index is 554. The van der Waals surface area contributed by atoms with E-state index in [0.29, 0.717) is 11.4 Å². The van der Waals surface area contributed by atoms with E-state index >= 15 is 0 Å². The third-order valence-electron chi connectivity index (χ3n) is 2.29. The van der Waals surface area contributed by atoms with Crippen LogP contribution in [-0.4, -0.2) is 15.9 Å². The summed E-state index contributed by atoms with van der Waals surface area (Å²) in [5.74, 6) is 0.207. The van der Waals surface area contributed by atoms with Gasteiger partial charge in [0, 0.05) is 23.6 Å². The summed E-state index contributed by atoms with van der Waals surface area (Å²) < 4.78 is 0. The Labute approximate surface area is 98.7 Å². The Hall–Kier alpha value is -2.43. The number of carbonyl (C=O) groups is 1. The van der Waals surface area contributed by atoms with Gasteiger partial charge in [0.05, 0.1) is 5.69 Å². The number of rotatable bonds is 3. The van der Waals surface area contributed by atoms with E-state index in [1.807, 2.05) is 13.0 Å². The Morgan fingerprint density at radius 2 is 2.06 bits per heavy atom. The molecule has 2 rings (SSSR count). The molecule has 0 fully saturated rings. The molecule has 17 heavy (non-hydrogen) atoms. The van der Waals surface area contributed by atoms with Gasteiger partial charge in [-0.05, 0) is 25.1 Å². The van der Waals surface area contributed by atoms with Crippen LogP contribution in [0.3, 0.4) is 0 Å². The summed E-state index contributed by atoms with van der Waals surface area (Å²) in [7, 11) is 0. The van der Waals surface area contributed by atoms with Gasteiger partial charge in [-0.3, -0.25) is 9.78 Å². The van der Waals surface area contributed by atoms with Crippen LogP contribution in [0.15, 0.2) is 36.7 Å². The van der Waals surface area contributed by atoms with Crippen LogP contribution in [-0.2, 0) is 0 Å². The van der Waals surface area contributed by atoms with E-state index in [-0.39, 0.29) is 0 Å². The van der Waals surface area contributed by atoms with Crippen LogP contribution in [0.5, 0.6) is 0 Å². The number of amides is 1. The summed E-state index contributed by atoms with van der Waals surface area (Å²) in [6.45, 7) is 1.85. The van der Waals surface area contributed by atoms with Crippen molar-refractivity contribution in [2.24, 2.45) is 5.73 Å². The fraction of sp³-hybridized carbons (Fsp3) is 0.0833. The van der Waals surface area contributed by atoms with Crippen molar-refractivity contribution in [1.82, 2.24) is 9.97 Å². The molecule has 1 aromatic carbocycles. The van der Waals surface area contributed by atoms with Crippen molar-refractivity contribution in [3.63, 3.8) is 0 Å². The number of carbonyl (C=O) groups excluding carboxylic acids is 1. The quantitative estimate of drug-likeness (QED) is 0.836. The molecular weight excluding hydrogens is 216 g/mol. The number of hydrogen-bond donors (Lipinski definition) is 2. The van der Waals surface area contributed by atoms with Crippen molar-refractivity contribution in [3.05, 3.63) is 47.9 Å². The van der Waals surface area contributed by atoms with E-state index in [9.17, 15) is 4.79 Å². The van der Waals surface area contributed by atoms with Gasteiger partial charge in [-0.2, -0.15) is 0 Å². The van der Waals surface area contributed by atoms with Crippen LogP contribution in [0.2, 0.25) is 0 Å². The molecule has 3 N–H and O–H groups in total. The van der Waals surface area contributed by atoms with E-state index < -0.39 is 5.91 Å². The van der Waals surface area contributed by atoms with Gasteiger partial charge in [0.2, 0.25) is 5.91 Å². The molecule has 2 aromatic rings. The zero-order valence-corrected chi connectivity index (χ0v) is 9.34. The number of nitrogens with zero attached hydrogens (tertiary/aromatic N) is 2. The van der Waals surface area contributed by atoms with Crippen molar-refractivity contribution in [2.75, 3.05) is 5.32 Å². The summed E-state index contributed by atoms with van der Waals surface area (Å²) in [6.07, 6.45) is 3.23. The van der Waals surface area contributed by atoms with Gasteiger partial charge in [0.1, 0.15) is 0 Å². The number of hydrogen-bond acceptors (Lipinski definition) is 4. The third-order valence-corrected chi connectivity index (χ3v) is 2.29. The first-order chi connectivity index (χ1) is 8.16. The van der Waals surface area contributed by atoms with Crippen LogP contribution in [0.4, 0.5) is 11.5 Å². The maximum Gasteiger partial charge on any atom is 0.248 e. The summed E-state index contributed by atoms with van der Waals surface area (Å²) in [4.78, 5) is 19.3. The number of aromatic nitrogens is 2. The first-order valence-electron chi connectivity index (χ1n) is 5.11. The lowest BCUT2D eigenvalue weighted by Crippen LogP contribution is -2.11. The fourth-order valence-electron chi connectivity index (χ4n) is 1.42. The molecule has 0 unspecified atom stereocenters. The molecule has 0 aliphatic rings. The molecule has 86 valence electrons. The lowest BCUT2D eigenvalue weighted by atomic mass is 10.2. The molecular formula is C12H12N4O. The molecule has 0 atom stereocenters. The molecule has 5 nitrogen and oxygen atoms in total. The molecule has 0 spiro atoms. The normalized spacial score (nSPS) is 9.94. The highest BCUT2D eigenvalue weighted by Gasteiger charge is 2.03. The minimum atomic E-state index is -0.454. The topological polar surface area (TPSA) is 80.9 Å². The SMILES string of the molecule is Cc1nccnc1Nc1cccc(C(N)=O)c1. The highest BCUT2D eigenvalue weighted by molar-refractivity contribution is 5.93. The van der Waals surface area contributed by atoms with E-state index in [2.05, 4.69) is 15.3 Å². The molecule has 0 radical (unpaired) electrons. The van der Waals surface area contributed by atoms with Gasteiger partial charge >= 0.3 is 0 Å². The molecule has 1 aromatic heterocycles. The van der Waals surface area contributed by atoms with Crippen LogP contribution in [0, 0.1) is 6.92 Å². The van der Waals surface area contributed by atoms with Gasteiger partial charge in [-0.25, -0.2) is 4.98 Å². The smallest absolute Gasteiger partial charge is 0.248 e. The largest absolute Gasteiger partial charge is 0.366 e. The van der Waals surface area contributed by atoms with Crippen molar-refractivity contribution >= 4 is 17.4 Å². The molecule has 0 saturated heterocycles.